The molecule has 2 aliphatic heterocycles. The number of halogens is 2. The largest absolute Gasteiger partial charge is 0.337 e. The van der Waals surface area contributed by atoms with Gasteiger partial charge in [0.05, 0.1) is 10.9 Å². The lowest BCUT2D eigenvalue weighted by atomic mass is 10.1. The molecule has 2 atom stereocenters. The Morgan fingerprint density at radius 2 is 2.26 bits per heavy atom. The minimum atomic E-state index is -0.386. The second kappa shape index (κ2) is 7.75. The summed E-state index contributed by atoms with van der Waals surface area (Å²) in [7, 11) is 0. The maximum atomic E-state index is 12.5. The van der Waals surface area contributed by atoms with Gasteiger partial charge in [-0.2, -0.15) is 0 Å². The lowest BCUT2D eigenvalue weighted by Gasteiger charge is -2.35. The molecule has 1 fully saturated rings. The summed E-state index contributed by atoms with van der Waals surface area (Å²) < 4.78 is 0. The standard InChI is InChI=1S/C15H18ClN3O2S.ClH/c1-9-8-17-4-5-19(9)14(20)7-13-15(21)18-11-6-10(16)2-3-12(11)22-13;/h2-3,6,9,13,17H,4-5,7-8H2,1H3,(H,18,21);1H. The number of carbonyl (C=O) groups is 2. The molecule has 1 aromatic rings. The molecule has 0 spiro atoms. The van der Waals surface area contributed by atoms with E-state index in [1.165, 1.54) is 11.8 Å². The Morgan fingerprint density at radius 1 is 1.48 bits per heavy atom. The van der Waals surface area contributed by atoms with Crippen molar-refractivity contribution in [1.82, 2.24) is 10.2 Å². The van der Waals surface area contributed by atoms with E-state index >= 15 is 0 Å². The monoisotopic (exact) mass is 375 g/mol. The Bertz CT molecular complexity index is 614. The summed E-state index contributed by atoms with van der Waals surface area (Å²) in [6.07, 6.45) is 0.225. The molecule has 1 aromatic carbocycles. The quantitative estimate of drug-likeness (QED) is 0.832. The molecule has 0 aromatic heterocycles. The molecule has 0 saturated carbocycles. The van der Waals surface area contributed by atoms with E-state index < -0.39 is 0 Å². The third-order valence-corrected chi connectivity index (χ3v) is 5.45. The summed E-state index contributed by atoms with van der Waals surface area (Å²) in [6, 6.07) is 5.58. The highest BCUT2D eigenvalue weighted by molar-refractivity contribution is 8.01. The molecule has 0 radical (unpaired) electrons. The highest BCUT2D eigenvalue weighted by Crippen LogP contribution is 2.38. The summed E-state index contributed by atoms with van der Waals surface area (Å²) >= 11 is 7.37. The topological polar surface area (TPSA) is 61.4 Å². The number of nitrogens with one attached hydrogen (secondary N) is 2. The van der Waals surface area contributed by atoms with Crippen molar-refractivity contribution in [3.63, 3.8) is 0 Å². The van der Waals surface area contributed by atoms with Crippen LogP contribution < -0.4 is 10.6 Å². The smallest absolute Gasteiger partial charge is 0.238 e. The average molecular weight is 376 g/mol. The first-order chi connectivity index (χ1) is 10.5. The number of hydrogen-bond acceptors (Lipinski definition) is 4. The van der Waals surface area contributed by atoms with Gasteiger partial charge in [0.2, 0.25) is 11.8 Å². The van der Waals surface area contributed by atoms with Crippen molar-refractivity contribution >= 4 is 53.3 Å². The number of rotatable bonds is 2. The lowest BCUT2D eigenvalue weighted by Crippen LogP contribution is -2.53. The van der Waals surface area contributed by atoms with Gasteiger partial charge in [0.1, 0.15) is 0 Å². The van der Waals surface area contributed by atoms with Crippen LogP contribution in [0.2, 0.25) is 5.02 Å². The van der Waals surface area contributed by atoms with E-state index in [9.17, 15) is 9.59 Å². The molecule has 8 heteroatoms. The van der Waals surface area contributed by atoms with Gasteiger partial charge in [-0.05, 0) is 25.1 Å². The van der Waals surface area contributed by atoms with Crippen LogP contribution in [-0.2, 0) is 9.59 Å². The Balaban J connectivity index is 0.00000192. The van der Waals surface area contributed by atoms with Crippen LogP contribution in [0.4, 0.5) is 5.69 Å². The second-order valence-corrected chi connectivity index (χ2v) is 7.26. The molecule has 23 heavy (non-hydrogen) atoms. The van der Waals surface area contributed by atoms with E-state index in [1.807, 2.05) is 17.9 Å². The number of benzene rings is 1. The number of anilines is 1. The maximum absolute atomic E-state index is 12.5. The van der Waals surface area contributed by atoms with E-state index in [-0.39, 0.29) is 41.9 Å². The predicted molar refractivity (Wildman–Crippen MR) is 95.6 cm³/mol. The van der Waals surface area contributed by atoms with Crippen molar-refractivity contribution in [2.45, 2.75) is 29.5 Å². The van der Waals surface area contributed by atoms with Crippen molar-refractivity contribution in [2.24, 2.45) is 0 Å². The Hall–Kier alpha value is -0.950. The van der Waals surface area contributed by atoms with Crippen molar-refractivity contribution in [3.05, 3.63) is 23.2 Å². The number of thioether (sulfide) groups is 1. The van der Waals surface area contributed by atoms with Crippen LogP contribution in [0.15, 0.2) is 23.1 Å². The fraction of sp³-hybridized carbons (Fsp3) is 0.467. The van der Waals surface area contributed by atoms with Crippen LogP contribution in [0.1, 0.15) is 13.3 Å². The van der Waals surface area contributed by atoms with E-state index in [0.29, 0.717) is 11.6 Å². The van der Waals surface area contributed by atoms with Crippen LogP contribution in [0, 0.1) is 0 Å². The molecule has 2 N–H and O–H groups in total. The highest BCUT2D eigenvalue weighted by Gasteiger charge is 2.32. The number of hydrogen-bond donors (Lipinski definition) is 2. The van der Waals surface area contributed by atoms with E-state index in [4.69, 9.17) is 11.6 Å². The van der Waals surface area contributed by atoms with Crippen LogP contribution in [0.5, 0.6) is 0 Å². The van der Waals surface area contributed by atoms with Crippen molar-refractivity contribution in [1.29, 1.82) is 0 Å². The molecule has 2 amide bonds. The molecular formula is C15H19Cl2N3O2S. The van der Waals surface area contributed by atoms with Gasteiger partial charge in [0.25, 0.3) is 0 Å². The number of carbonyl (C=O) groups excluding carboxylic acids is 2. The molecule has 0 aliphatic carbocycles. The van der Waals surface area contributed by atoms with Crippen molar-refractivity contribution in [3.8, 4) is 0 Å². The van der Waals surface area contributed by atoms with Crippen molar-refractivity contribution < 1.29 is 9.59 Å². The summed E-state index contributed by atoms with van der Waals surface area (Å²) in [4.78, 5) is 27.5. The van der Waals surface area contributed by atoms with Gasteiger partial charge in [-0.3, -0.25) is 9.59 Å². The SMILES string of the molecule is CC1CNCCN1C(=O)CC1Sc2ccc(Cl)cc2NC1=O.Cl. The lowest BCUT2D eigenvalue weighted by molar-refractivity contribution is -0.135. The minimum Gasteiger partial charge on any atom is -0.337 e. The van der Waals surface area contributed by atoms with E-state index in [0.717, 1.165) is 23.7 Å². The number of amides is 2. The molecule has 2 heterocycles. The normalized spacial score (nSPS) is 23.6. The summed E-state index contributed by atoms with van der Waals surface area (Å²) in [5.74, 6) is -0.0880. The van der Waals surface area contributed by atoms with Crippen LogP contribution in [-0.4, -0.2) is 47.6 Å². The van der Waals surface area contributed by atoms with Gasteiger partial charge in [0.15, 0.2) is 0 Å². The van der Waals surface area contributed by atoms with Gasteiger partial charge >= 0.3 is 0 Å². The zero-order chi connectivity index (χ0) is 15.7. The minimum absolute atomic E-state index is 0. The van der Waals surface area contributed by atoms with Crippen LogP contribution in [0.3, 0.4) is 0 Å². The summed E-state index contributed by atoms with van der Waals surface area (Å²) in [5.41, 5.74) is 0.724. The zero-order valence-electron chi connectivity index (χ0n) is 12.7. The first kappa shape index (κ1) is 18.4. The molecule has 5 nitrogen and oxygen atoms in total. The van der Waals surface area contributed by atoms with Gasteiger partial charge in [-0.25, -0.2) is 0 Å². The Kier molecular flexibility index (Phi) is 6.19. The summed E-state index contributed by atoms with van der Waals surface area (Å²) in [5, 5.41) is 6.30. The Labute approximate surface area is 150 Å². The van der Waals surface area contributed by atoms with Gasteiger partial charge in [0, 0.05) is 42.0 Å². The fourth-order valence-corrected chi connectivity index (χ4v) is 4.00. The third kappa shape index (κ3) is 4.12. The van der Waals surface area contributed by atoms with Crippen LogP contribution >= 0.6 is 35.8 Å². The van der Waals surface area contributed by atoms with E-state index in [2.05, 4.69) is 10.6 Å². The molecule has 2 unspecified atom stereocenters. The molecule has 0 bridgehead atoms. The predicted octanol–water partition coefficient (Wildman–Crippen LogP) is 2.39. The molecule has 126 valence electrons. The molecule has 1 saturated heterocycles. The van der Waals surface area contributed by atoms with Gasteiger partial charge in [-0.15, -0.1) is 24.2 Å². The molecule has 2 aliphatic rings. The maximum Gasteiger partial charge on any atom is 0.238 e. The number of nitrogens with zero attached hydrogens (tertiary/aromatic N) is 1. The third-order valence-electron chi connectivity index (χ3n) is 3.94. The van der Waals surface area contributed by atoms with Gasteiger partial charge < -0.3 is 15.5 Å². The molecular weight excluding hydrogens is 357 g/mol. The number of fused-ring (bicyclic) bond motifs is 1. The summed E-state index contributed by atoms with van der Waals surface area (Å²) in [6.45, 7) is 4.33. The Morgan fingerprint density at radius 3 is 3.00 bits per heavy atom. The second-order valence-electron chi connectivity index (χ2n) is 5.58. The first-order valence-electron chi connectivity index (χ1n) is 7.32. The van der Waals surface area contributed by atoms with Crippen molar-refractivity contribution in [2.75, 3.05) is 25.0 Å². The average Bonchev–Trinajstić information content (AvgIpc) is 2.48. The highest BCUT2D eigenvalue weighted by atomic mass is 35.5. The fourth-order valence-electron chi connectivity index (χ4n) is 2.74. The zero-order valence-corrected chi connectivity index (χ0v) is 15.1. The van der Waals surface area contributed by atoms with Crippen LogP contribution in [0.25, 0.3) is 0 Å². The van der Waals surface area contributed by atoms with Gasteiger partial charge in [-0.1, -0.05) is 11.6 Å². The number of piperazine rings is 1. The van der Waals surface area contributed by atoms with E-state index in [1.54, 1.807) is 12.1 Å². The molecule has 3 rings (SSSR count). The first-order valence-corrected chi connectivity index (χ1v) is 8.57.